The number of benzene rings is 4. The molecule has 1 radical (unpaired) electrons. The summed E-state index contributed by atoms with van der Waals surface area (Å²) >= 11 is 0. The van der Waals surface area contributed by atoms with Gasteiger partial charge in [0.25, 0.3) is 5.91 Å². The molecular formula is C32H28AcN2O2. The average Bonchev–Trinajstić information content (AvgIpc) is 2.95. The second kappa shape index (κ2) is 14.7. The zero-order valence-corrected chi connectivity index (χ0v) is 25.2. The van der Waals surface area contributed by atoms with Gasteiger partial charge in [0.05, 0.1) is 12.6 Å². The van der Waals surface area contributed by atoms with Gasteiger partial charge in [-0.3, -0.25) is 4.79 Å². The van der Waals surface area contributed by atoms with E-state index < -0.39 is 6.04 Å². The molecule has 0 saturated heterocycles. The smallest absolute Gasteiger partial charge is 0.251 e. The molecule has 2 N–H and O–H groups in total. The van der Waals surface area contributed by atoms with E-state index in [2.05, 4.69) is 10.2 Å². The van der Waals surface area contributed by atoms with Crippen molar-refractivity contribution in [3.05, 3.63) is 143 Å². The number of hydrogen-bond donors (Lipinski definition) is 2. The molecule has 5 heteroatoms. The minimum absolute atomic E-state index is 0. The van der Waals surface area contributed by atoms with E-state index in [0.717, 1.165) is 22.3 Å². The number of carbonyl (C=O) groups excluding carboxylic acids is 1. The molecule has 4 aromatic rings. The van der Waals surface area contributed by atoms with Gasteiger partial charge in [-0.2, -0.15) is 0 Å². The van der Waals surface area contributed by atoms with Gasteiger partial charge in [0, 0.05) is 62.2 Å². The van der Waals surface area contributed by atoms with Crippen molar-refractivity contribution in [3.8, 4) is 11.1 Å². The van der Waals surface area contributed by atoms with Crippen LogP contribution in [0.3, 0.4) is 0 Å². The van der Waals surface area contributed by atoms with Crippen molar-refractivity contribution in [1.29, 1.82) is 0 Å². The number of nitrogens with zero attached hydrogens (tertiary/aromatic N) is 1. The van der Waals surface area contributed by atoms with Gasteiger partial charge in [-0.25, -0.2) is 4.85 Å². The largest absolute Gasteiger partial charge is 0.396 e. The molecule has 0 spiro atoms. The molecule has 0 aromatic heterocycles. The van der Waals surface area contributed by atoms with Crippen LogP contribution < -0.4 is 5.32 Å². The molecule has 0 saturated carbocycles. The summed E-state index contributed by atoms with van der Waals surface area (Å²) in [7, 11) is 0. The first-order valence-corrected chi connectivity index (χ1v) is 11.9. The van der Waals surface area contributed by atoms with Gasteiger partial charge in [-0.05, 0) is 35.2 Å². The number of nitrogens with one attached hydrogen (secondary N) is 1. The molecule has 2 unspecified atom stereocenters. The Bertz CT molecular complexity index is 1350. The van der Waals surface area contributed by atoms with E-state index >= 15 is 0 Å². The Labute approximate surface area is 254 Å². The number of aliphatic hydroxyl groups excluding tert-OH is 1. The van der Waals surface area contributed by atoms with E-state index in [1.807, 2.05) is 115 Å². The fourth-order valence-electron chi connectivity index (χ4n) is 4.14. The van der Waals surface area contributed by atoms with Crippen LogP contribution in [-0.2, 0) is 6.42 Å². The Kier molecular flexibility index (Phi) is 11.3. The molecule has 0 aliphatic carbocycles. The summed E-state index contributed by atoms with van der Waals surface area (Å²) in [5.74, 6) is -0.468. The van der Waals surface area contributed by atoms with Crippen LogP contribution in [0, 0.1) is 56.6 Å². The van der Waals surface area contributed by atoms with E-state index in [1.54, 1.807) is 6.07 Å². The van der Waals surface area contributed by atoms with Crippen LogP contribution in [0.25, 0.3) is 22.0 Å². The second-order valence-electron chi connectivity index (χ2n) is 8.64. The Morgan fingerprint density at radius 1 is 0.865 bits per heavy atom. The number of hydrogen-bond acceptors (Lipinski definition) is 2. The van der Waals surface area contributed by atoms with Crippen molar-refractivity contribution in [2.75, 3.05) is 6.61 Å². The molecule has 2 atom stereocenters. The van der Waals surface area contributed by atoms with Gasteiger partial charge in [-0.15, -0.1) is 0 Å². The topological polar surface area (TPSA) is 53.7 Å². The summed E-state index contributed by atoms with van der Waals surface area (Å²) in [5.41, 5.74) is 5.20. The summed E-state index contributed by atoms with van der Waals surface area (Å²) < 4.78 is 0. The Hall–Kier alpha value is -3.02. The van der Waals surface area contributed by atoms with Gasteiger partial charge in [0.15, 0.2) is 5.69 Å². The molecule has 181 valence electrons. The fourth-order valence-corrected chi connectivity index (χ4v) is 4.14. The number of rotatable bonds is 9. The Balaban J connectivity index is 0.00000380. The van der Waals surface area contributed by atoms with Crippen LogP contribution in [0.2, 0.25) is 0 Å². The normalized spacial score (nSPS) is 12.2. The van der Waals surface area contributed by atoms with Gasteiger partial charge < -0.3 is 10.4 Å². The Morgan fingerprint density at radius 3 is 2.16 bits per heavy atom. The van der Waals surface area contributed by atoms with E-state index in [4.69, 9.17) is 6.57 Å². The van der Waals surface area contributed by atoms with Crippen molar-refractivity contribution < 1.29 is 54.0 Å². The molecule has 0 aliphatic rings. The number of carbonyl (C=O) groups is 1. The molecular weight excluding hydrogens is 671 g/mol. The molecule has 0 fully saturated rings. The van der Waals surface area contributed by atoms with E-state index in [-0.39, 0.29) is 62.5 Å². The summed E-state index contributed by atoms with van der Waals surface area (Å²) in [6, 6.07) is 34.4. The predicted octanol–water partition coefficient (Wildman–Crippen LogP) is 6.57. The molecule has 1 amide bonds. The molecule has 37 heavy (non-hydrogen) atoms. The predicted molar refractivity (Wildman–Crippen MR) is 146 cm³/mol. The minimum Gasteiger partial charge on any atom is -0.396 e. The zero-order chi connectivity index (χ0) is 25.2. The molecule has 0 heterocycles. The molecule has 4 rings (SSSR count). The first-order valence-electron chi connectivity index (χ1n) is 11.9. The maximum Gasteiger partial charge on any atom is 0.251 e. The molecule has 0 aliphatic heterocycles. The van der Waals surface area contributed by atoms with Crippen molar-refractivity contribution in [2.45, 2.75) is 12.5 Å². The first-order chi connectivity index (χ1) is 17.7. The quantitative estimate of drug-likeness (QED) is 0.195. The first kappa shape index (κ1) is 28.6. The fraction of sp³-hybridized carbons (Fsp3) is 0.125. The van der Waals surface area contributed by atoms with Crippen LogP contribution >= 0.6 is 0 Å². The maximum absolute atomic E-state index is 13.2. The average molecular weight is 700 g/mol. The third-order valence-electron chi connectivity index (χ3n) is 6.13. The third kappa shape index (κ3) is 8.24. The minimum atomic E-state index is -0.409. The number of amides is 1. The van der Waals surface area contributed by atoms with Crippen molar-refractivity contribution >= 4 is 17.7 Å². The standard InChI is InChI=1S/C32H28N2O2.Ac/c1-33-30-14-8-11-25(22-30)21-29(23-35)31(20-15-24-9-4-2-5-10-24)34-32(36)28-18-16-27(17-19-28)26-12-6-3-7-13-26;/h2-20,22,29,31,35H,21,23H2,(H,34,36);/b20-15+;. The summed E-state index contributed by atoms with van der Waals surface area (Å²) in [4.78, 5) is 16.7. The van der Waals surface area contributed by atoms with Crippen LogP contribution in [0.4, 0.5) is 5.69 Å². The van der Waals surface area contributed by atoms with E-state index in [9.17, 15) is 9.90 Å². The van der Waals surface area contributed by atoms with Gasteiger partial charge in [0.2, 0.25) is 0 Å². The van der Waals surface area contributed by atoms with E-state index in [0.29, 0.717) is 17.7 Å². The van der Waals surface area contributed by atoms with Crippen molar-refractivity contribution in [3.63, 3.8) is 0 Å². The van der Waals surface area contributed by atoms with E-state index in [1.165, 1.54) is 0 Å². The van der Waals surface area contributed by atoms with Gasteiger partial charge >= 0.3 is 0 Å². The molecule has 4 nitrogen and oxygen atoms in total. The van der Waals surface area contributed by atoms with Crippen molar-refractivity contribution in [1.82, 2.24) is 5.32 Å². The second-order valence-corrected chi connectivity index (χ2v) is 8.64. The van der Waals surface area contributed by atoms with Crippen LogP contribution in [-0.4, -0.2) is 23.7 Å². The van der Waals surface area contributed by atoms with Crippen LogP contribution in [0.15, 0.2) is 115 Å². The van der Waals surface area contributed by atoms with Crippen LogP contribution in [0.5, 0.6) is 0 Å². The maximum atomic E-state index is 13.2. The SMILES string of the molecule is [Ac].[C-]#[N+]c1cccc(CC(CO)C(/C=C/c2ccccc2)NC(=O)c2ccc(-c3ccccc3)cc2)c1. The molecule has 0 bridgehead atoms. The van der Waals surface area contributed by atoms with Gasteiger partial charge in [0.1, 0.15) is 0 Å². The zero-order valence-electron chi connectivity index (χ0n) is 20.5. The summed E-state index contributed by atoms with van der Waals surface area (Å²) in [5, 5.41) is 13.4. The van der Waals surface area contributed by atoms with Crippen LogP contribution in [0.1, 0.15) is 21.5 Å². The third-order valence-corrected chi connectivity index (χ3v) is 6.13. The summed E-state index contributed by atoms with van der Waals surface area (Å²) in [6.45, 7) is 7.17. The van der Waals surface area contributed by atoms with Gasteiger partial charge in [-0.1, -0.05) is 115 Å². The monoisotopic (exact) mass is 699 g/mol. The molecule has 4 aromatic carbocycles. The Morgan fingerprint density at radius 2 is 1.51 bits per heavy atom. The summed E-state index contributed by atoms with van der Waals surface area (Å²) in [6.07, 6.45) is 4.42. The van der Waals surface area contributed by atoms with Crippen molar-refractivity contribution in [2.24, 2.45) is 5.92 Å². The number of aliphatic hydroxyl groups is 1.